The zero-order valence-corrected chi connectivity index (χ0v) is 8.47. The summed E-state index contributed by atoms with van der Waals surface area (Å²) in [5.41, 5.74) is 0.682. The van der Waals surface area contributed by atoms with E-state index < -0.39 is 0 Å². The van der Waals surface area contributed by atoms with Gasteiger partial charge in [-0.15, -0.1) is 0 Å². The second kappa shape index (κ2) is 4.42. The standard InChI is InChI=1S/C10H18N2O/c1-4-11-10(13)8(2)9(3)12-6-5-7-12/h9H,2,4-7H2,1,3H3,(H,11,13). The lowest BCUT2D eigenvalue weighted by Crippen LogP contribution is -2.46. The van der Waals surface area contributed by atoms with Gasteiger partial charge in [0.1, 0.15) is 0 Å². The third-order valence-corrected chi connectivity index (χ3v) is 2.57. The summed E-state index contributed by atoms with van der Waals surface area (Å²) in [5, 5.41) is 2.76. The van der Waals surface area contributed by atoms with Crippen LogP contribution >= 0.6 is 0 Å². The minimum Gasteiger partial charge on any atom is -0.353 e. The van der Waals surface area contributed by atoms with Crippen molar-refractivity contribution < 1.29 is 4.79 Å². The first-order valence-electron chi connectivity index (χ1n) is 4.88. The molecule has 0 aliphatic carbocycles. The normalized spacial score (nSPS) is 18.9. The van der Waals surface area contributed by atoms with Crippen LogP contribution in [0.4, 0.5) is 0 Å². The maximum absolute atomic E-state index is 11.4. The highest BCUT2D eigenvalue weighted by atomic mass is 16.1. The van der Waals surface area contributed by atoms with Gasteiger partial charge in [-0.3, -0.25) is 9.69 Å². The van der Waals surface area contributed by atoms with Crippen LogP contribution in [-0.2, 0) is 4.79 Å². The Morgan fingerprint density at radius 1 is 1.62 bits per heavy atom. The number of carbonyl (C=O) groups is 1. The first-order chi connectivity index (χ1) is 6.16. The van der Waals surface area contributed by atoms with E-state index in [-0.39, 0.29) is 11.9 Å². The maximum atomic E-state index is 11.4. The van der Waals surface area contributed by atoms with Crippen LogP contribution < -0.4 is 5.32 Å². The van der Waals surface area contributed by atoms with Crippen molar-refractivity contribution in [2.24, 2.45) is 0 Å². The lowest BCUT2D eigenvalue weighted by atomic mass is 10.0. The van der Waals surface area contributed by atoms with Gasteiger partial charge in [-0.25, -0.2) is 0 Å². The van der Waals surface area contributed by atoms with Crippen molar-refractivity contribution in [3.05, 3.63) is 12.2 Å². The highest BCUT2D eigenvalue weighted by molar-refractivity contribution is 5.93. The summed E-state index contributed by atoms with van der Waals surface area (Å²) in [7, 11) is 0. The quantitative estimate of drug-likeness (QED) is 0.651. The number of amides is 1. The second-order valence-corrected chi connectivity index (χ2v) is 3.45. The summed E-state index contributed by atoms with van der Waals surface area (Å²) in [6, 6.07) is 0.195. The molecule has 0 spiro atoms. The molecule has 1 heterocycles. The number of hydrogen-bond donors (Lipinski definition) is 1. The molecule has 1 amide bonds. The van der Waals surface area contributed by atoms with Crippen molar-refractivity contribution in [3.8, 4) is 0 Å². The van der Waals surface area contributed by atoms with Gasteiger partial charge in [0, 0.05) is 18.2 Å². The van der Waals surface area contributed by atoms with Crippen molar-refractivity contribution in [1.82, 2.24) is 10.2 Å². The van der Waals surface area contributed by atoms with Gasteiger partial charge >= 0.3 is 0 Å². The first kappa shape index (κ1) is 10.3. The van der Waals surface area contributed by atoms with Gasteiger partial charge < -0.3 is 5.32 Å². The van der Waals surface area contributed by atoms with E-state index in [1.165, 1.54) is 6.42 Å². The molecule has 1 aliphatic heterocycles. The fourth-order valence-corrected chi connectivity index (χ4v) is 1.41. The molecule has 0 aromatic rings. The molecule has 1 unspecified atom stereocenters. The monoisotopic (exact) mass is 182 g/mol. The Hall–Kier alpha value is -0.830. The van der Waals surface area contributed by atoms with Crippen LogP contribution in [0.25, 0.3) is 0 Å². The van der Waals surface area contributed by atoms with Crippen LogP contribution in [0.1, 0.15) is 20.3 Å². The van der Waals surface area contributed by atoms with Gasteiger partial charge in [-0.05, 0) is 33.4 Å². The number of hydrogen-bond acceptors (Lipinski definition) is 2. The molecule has 0 saturated carbocycles. The fourth-order valence-electron chi connectivity index (χ4n) is 1.41. The molecule has 0 bridgehead atoms. The predicted octanol–water partition coefficient (Wildman–Crippen LogP) is 0.773. The average molecular weight is 182 g/mol. The molecule has 0 radical (unpaired) electrons. The molecule has 3 nitrogen and oxygen atoms in total. The highest BCUT2D eigenvalue weighted by Gasteiger charge is 2.24. The van der Waals surface area contributed by atoms with Crippen molar-refractivity contribution in [2.45, 2.75) is 26.3 Å². The summed E-state index contributed by atoms with van der Waals surface area (Å²) in [4.78, 5) is 13.7. The number of nitrogens with one attached hydrogen (secondary N) is 1. The maximum Gasteiger partial charge on any atom is 0.248 e. The van der Waals surface area contributed by atoms with Crippen molar-refractivity contribution in [3.63, 3.8) is 0 Å². The average Bonchev–Trinajstić information content (AvgIpc) is 2.00. The first-order valence-corrected chi connectivity index (χ1v) is 4.88. The van der Waals surface area contributed by atoms with Crippen LogP contribution in [0.5, 0.6) is 0 Å². The molecule has 3 heteroatoms. The number of carbonyl (C=O) groups excluding carboxylic acids is 1. The molecular formula is C10H18N2O. The van der Waals surface area contributed by atoms with Crippen LogP contribution in [0.2, 0.25) is 0 Å². The number of nitrogens with zero attached hydrogens (tertiary/aromatic N) is 1. The van der Waals surface area contributed by atoms with E-state index in [9.17, 15) is 4.79 Å². The molecule has 0 aromatic carbocycles. The Morgan fingerprint density at radius 3 is 2.62 bits per heavy atom. The largest absolute Gasteiger partial charge is 0.353 e. The van der Waals surface area contributed by atoms with Gasteiger partial charge in [-0.2, -0.15) is 0 Å². The van der Waals surface area contributed by atoms with Crippen LogP contribution in [0.15, 0.2) is 12.2 Å². The summed E-state index contributed by atoms with van der Waals surface area (Å²) in [5.74, 6) is -0.0121. The Morgan fingerprint density at radius 2 is 2.23 bits per heavy atom. The molecule has 1 atom stereocenters. The van der Waals surface area contributed by atoms with Crippen LogP contribution in [-0.4, -0.2) is 36.5 Å². The summed E-state index contributed by atoms with van der Waals surface area (Å²) in [6.45, 7) is 10.6. The molecule has 0 aromatic heterocycles. The number of likely N-dealkylation sites (tertiary alicyclic amines) is 1. The Labute approximate surface area is 79.8 Å². The van der Waals surface area contributed by atoms with E-state index in [1.807, 2.05) is 13.8 Å². The molecule has 74 valence electrons. The summed E-state index contributed by atoms with van der Waals surface area (Å²) in [6.07, 6.45) is 1.24. The molecule has 1 N–H and O–H groups in total. The van der Waals surface area contributed by atoms with Gasteiger partial charge in [0.05, 0.1) is 0 Å². The molecule has 1 fully saturated rings. The summed E-state index contributed by atoms with van der Waals surface area (Å²) >= 11 is 0. The zero-order valence-electron chi connectivity index (χ0n) is 8.47. The van der Waals surface area contributed by atoms with Gasteiger partial charge in [-0.1, -0.05) is 6.58 Å². The number of rotatable bonds is 4. The summed E-state index contributed by atoms with van der Waals surface area (Å²) < 4.78 is 0. The smallest absolute Gasteiger partial charge is 0.248 e. The lowest BCUT2D eigenvalue weighted by molar-refractivity contribution is -0.118. The van der Waals surface area contributed by atoms with E-state index in [0.29, 0.717) is 12.1 Å². The van der Waals surface area contributed by atoms with Gasteiger partial charge in [0.2, 0.25) is 5.91 Å². The molecule has 1 aliphatic rings. The third-order valence-electron chi connectivity index (χ3n) is 2.57. The van der Waals surface area contributed by atoms with E-state index in [0.717, 1.165) is 13.1 Å². The zero-order chi connectivity index (χ0) is 9.84. The minimum atomic E-state index is -0.0121. The molecular weight excluding hydrogens is 164 g/mol. The van der Waals surface area contributed by atoms with Gasteiger partial charge in [0.15, 0.2) is 0 Å². The van der Waals surface area contributed by atoms with Crippen molar-refractivity contribution in [1.29, 1.82) is 0 Å². The minimum absolute atomic E-state index is 0.0121. The Balaban J connectivity index is 2.40. The Bertz CT molecular complexity index is 209. The van der Waals surface area contributed by atoms with E-state index in [4.69, 9.17) is 0 Å². The predicted molar refractivity (Wildman–Crippen MR) is 53.5 cm³/mol. The van der Waals surface area contributed by atoms with Gasteiger partial charge in [0.25, 0.3) is 0 Å². The highest BCUT2D eigenvalue weighted by Crippen LogP contribution is 2.16. The molecule has 1 saturated heterocycles. The molecule has 1 rings (SSSR count). The fraction of sp³-hybridized carbons (Fsp3) is 0.700. The van der Waals surface area contributed by atoms with E-state index >= 15 is 0 Å². The topological polar surface area (TPSA) is 32.3 Å². The lowest BCUT2D eigenvalue weighted by Gasteiger charge is -2.36. The SMILES string of the molecule is C=C(C(=O)NCC)C(C)N1CCC1. The van der Waals surface area contributed by atoms with Crippen molar-refractivity contribution >= 4 is 5.91 Å². The molecule has 13 heavy (non-hydrogen) atoms. The number of likely N-dealkylation sites (N-methyl/N-ethyl adjacent to an activating group) is 1. The third kappa shape index (κ3) is 2.31. The second-order valence-electron chi connectivity index (χ2n) is 3.45. The van der Waals surface area contributed by atoms with Crippen LogP contribution in [0.3, 0.4) is 0 Å². The Kier molecular flexibility index (Phi) is 3.48. The van der Waals surface area contributed by atoms with E-state index in [1.54, 1.807) is 0 Å². The van der Waals surface area contributed by atoms with Crippen LogP contribution in [0, 0.1) is 0 Å². The van der Waals surface area contributed by atoms with E-state index in [2.05, 4.69) is 16.8 Å². The van der Waals surface area contributed by atoms with Crippen molar-refractivity contribution in [2.75, 3.05) is 19.6 Å².